The number of rotatable bonds is 2. The van der Waals surface area contributed by atoms with E-state index in [0.717, 1.165) is 12.0 Å². The summed E-state index contributed by atoms with van der Waals surface area (Å²) in [6.45, 7) is 4.37. The third-order valence-electron chi connectivity index (χ3n) is 2.42. The van der Waals surface area contributed by atoms with Gasteiger partial charge in [-0.25, -0.2) is 4.79 Å². The summed E-state index contributed by atoms with van der Waals surface area (Å²) in [5, 5.41) is 0. The molecule has 0 aliphatic carbocycles. The zero-order valence-corrected chi connectivity index (χ0v) is 9.45. The van der Waals surface area contributed by atoms with Gasteiger partial charge in [-0.15, -0.1) is 0 Å². The summed E-state index contributed by atoms with van der Waals surface area (Å²) >= 11 is 0. The molecule has 1 heterocycles. The van der Waals surface area contributed by atoms with E-state index in [0.29, 0.717) is 13.0 Å². The molecule has 0 aromatic carbocycles. The van der Waals surface area contributed by atoms with Crippen molar-refractivity contribution in [1.29, 1.82) is 0 Å². The van der Waals surface area contributed by atoms with E-state index in [1.54, 1.807) is 11.0 Å². The number of likely N-dealkylation sites (tertiary alicyclic amines) is 1. The van der Waals surface area contributed by atoms with E-state index in [-0.39, 0.29) is 11.9 Å². The number of esters is 1. The Balaban J connectivity index is 2.72. The fourth-order valence-corrected chi connectivity index (χ4v) is 1.74. The van der Waals surface area contributed by atoms with Gasteiger partial charge in [-0.1, -0.05) is 5.57 Å². The number of allylic oxidation sites excluding steroid dienone is 1. The molecule has 1 amide bonds. The minimum absolute atomic E-state index is 0.0945. The van der Waals surface area contributed by atoms with Crippen LogP contribution < -0.4 is 0 Å². The topological polar surface area (TPSA) is 46.6 Å². The second kappa shape index (κ2) is 4.96. The zero-order chi connectivity index (χ0) is 11.4. The van der Waals surface area contributed by atoms with Gasteiger partial charge in [0.05, 0.1) is 7.11 Å². The second-order valence-corrected chi connectivity index (χ2v) is 3.93. The molecule has 0 bridgehead atoms. The van der Waals surface area contributed by atoms with Gasteiger partial charge in [0.25, 0.3) is 0 Å². The number of ether oxygens (including phenoxy) is 1. The van der Waals surface area contributed by atoms with Crippen LogP contribution in [0.3, 0.4) is 0 Å². The van der Waals surface area contributed by atoms with E-state index in [1.165, 1.54) is 7.11 Å². The van der Waals surface area contributed by atoms with Gasteiger partial charge < -0.3 is 9.64 Å². The Morgan fingerprint density at radius 3 is 2.60 bits per heavy atom. The average Bonchev–Trinajstić information content (AvgIpc) is 2.63. The smallest absolute Gasteiger partial charge is 0.328 e. The van der Waals surface area contributed by atoms with Gasteiger partial charge in [-0.05, 0) is 26.7 Å². The fraction of sp³-hybridized carbons (Fsp3) is 0.636. The number of carbonyl (C=O) groups excluding carboxylic acids is 2. The predicted octanol–water partition coefficient (Wildman–Crippen LogP) is 1.12. The Morgan fingerprint density at radius 1 is 1.40 bits per heavy atom. The molecule has 1 aliphatic rings. The van der Waals surface area contributed by atoms with Crippen LogP contribution in [0.15, 0.2) is 11.6 Å². The molecule has 1 fully saturated rings. The summed E-state index contributed by atoms with van der Waals surface area (Å²) < 4.78 is 4.67. The fourth-order valence-electron chi connectivity index (χ4n) is 1.74. The molecule has 15 heavy (non-hydrogen) atoms. The van der Waals surface area contributed by atoms with Gasteiger partial charge in [0, 0.05) is 12.6 Å². The lowest BCUT2D eigenvalue weighted by Gasteiger charge is -2.21. The van der Waals surface area contributed by atoms with Crippen molar-refractivity contribution in [2.75, 3.05) is 13.7 Å². The third-order valence-corrected chi connectivity index (χ3v) is 2.42. The molecular formula is C11H17NO3. The highest BCUT2D eigenvalue weighted by Crippen LogP contribution is 2.19. The third kappa shape index (κ3) is 2.81. The zero-order valence-electron chi connectivity index (χ0n) is 9.45. The Hall–Kier alpha value is -1.32. The molecule has 4 nitrogen and oxygen atoms in total. The largest absolute Gasteiger partial charge is 0.467 e. The van der Waals surface area contributed by atoms with Crippen molar-refractivity contribution in [2.24, 2.45) is 0 Å². The van der Waals surface area contributed by atoms with E-state index in [9.17, 15) is 9.59 Å². The van der Waals surface area contributed by atoms with Crippen LogP contribution in [0.4, 0.5) is 0 Å². The molecule has 0 N–H and O–H groups in total. The van der Waals surface area contributed by atoms with Crippen molar-refractivity contribution in [3.63, 3.8) is 0 Å². The maximum absolute atomic E-state index is 11.7. The Morgan fingerprint density at radius 2 is 2.07 bits per heavy atom. The number of carbonyl (C=O) groups is 2. The van der Waals surface area contributed by atoms with Crippen molar-refractivity contribution < 1.29 is 14.3 Å². The second-order valence-electron chi connectivity index (χ2n) is 3.93. The van der Waals surface area contributed by atoms with E-state index in [1.807, 2.05) is 13.8 Å². The van der Waals surface area contributed by atoms with Gasteiger partial charge in [-0.3, -0.25) is 4.79 Å². The highest BCUT2D eigenvalue weighted by Gasteiger charge is 2.33. The first kappa shape index (κ1) is 11.8. The average molecular weight is 211 g/mol. The highest BCUT2D eigenvalue weighted by molar-refractivity contribution is 5.92. The monoisotopic (exact) mass is 211 g/mol. The van der Waals surface area contributed by atoms with E-state index < -0.39 is 6.04 Å². The van der Waals surface area contributed by atoms with Crippen molar-refractivity contribution in [1.82, 2.24) is 4.90 Å². The standard InChI is InChI=1S/C11H17NO3/c1-8(2)7-10(13)12-6-4-5-9(12)11(14)15-3/h7,9H,4-6H2,1-3H3. The molecule has 0 saturated carbocycles. The first-order valence-corrected chi connectivity index (χ1v) is 5.09. The number of nitrogens with zero attached hydrogens (tertiary/aromatic N) is 1. The lowest BCUT2D eigenvalue weighted by molar-refractivity contribution is -0.149. The molecule has 1 rings (SSSR count). The molecular weight excluding hydrogens is 194 g/mol. The van der Waals surface area contributed by atoms with Gasteiger partial charge >= 0.3 is 5.97 Å². The van der Waals surface area contributed by atoms with Gasteiger partial charge in [-0.2, -0.15) is 0 Å². The van der Waals surface area contributed by atoms with Crippen LogP contribution in [0.25, 0.3) is 0 Å². The maximum atomic E-state index is 11.7. The van der Waals surface area contributed by atoms with Crippen molar-refractivity contribution >= 4 is 11.9 Å². The Kier molecular flexibility index (Phi) is 3.88. The first-order chi connectivity index (χ1) is 7.06. The van der Waals surface area contributed by atoms with Crippen LogP contribution in [0.5, 0.6) is 0 Å². The van der Waals surface area contributed by atoms with E-state index >= 15 is 0 Å². The summed E-state index contributed by atoms with van der Waals surface area (Å²) in [6.07, 6.45) is 3.12. The van der Waals surface area contributed by atoms with Crippen LogP contribution >= 0.6 is 0 Å². The Bertz CT molecular complexity index is 292. The first-order valence-electron chi connectivity index (χ1n) is 5.09. The molecule has 84 valence electrons. The molecule has 1 aliphatic heterocycles. The minimum Gasteiger partial charge on any atom is -0.467 e. The van der Waals surface area contributed by atoms with Crippen molar-refractivity contribution in [2.45, 2.75) is 32.7 Å². The van der Waals surface area contributed by atoms with Crippen LogP contribution in [0.2, 0.25) is 0 Å². The summed E-state index contributed by atoms with van der Waals surface area (Å²) in [5.41, 5.74) is 0.940. The van der Waals surface area contributed by atoms with Crippen LogP contribution in [-0.2, 0) is 14.3 Å². The quantitative estimate of drug-likeness (QED) is 0.508. The molecule has 0 radical (unpaired) electrons. The van der Waals surface area contributed by atoms with Gasteiger partial charge in [0.1, 0.15) is 6.04 Å². The molecule has 0 aromatic heterocycles. The number of amides is 1. The van der Waals surface area contributed by atoms with E-state index in [2.05, 4.69) is 4.74 Å². The van der Waals surface area contributed by atoms with Gasteiger partial charge in [0.2, 0.25) is 5.91 Å². The van der Waals surface area contributed by atoms with Gasteiger partial charge in [0.15, 0.2) is 0 Å². The summed E-state index contributed by atoms with van der Waals surface area (Å²) in [5.74, 6) is -0.411. The molecule has 0 aromatic rings. The van der Waals surface area contributed by atoms with Crippen LogP contribution in [0.1, 0.15) is 26.7 Å². The minimum atomic E-state index is -0.391. The van der Waals surface area contributed by atoms with Crippen molar-refractivity contribution in [3.8, 4) is 0 Å². The summed E-state index contributed by atoms with van der Waals surface area (Å²) in [4.78, 5) is 24.7. The summed E-state index contributed by atoms with van der Waals surface area (Å²) in [7, 11) is 1.35. The lowest BCUT2D eigenvalue weighted by atomic mass is 10.2. The number of hydrogen-bond acceptors (Lipinski definition) is 3. The number of hydrogen-bond donors (Lipinski definition) is 0. The Labute approximate surface area is 89.9 Å². The molecule has 1 saturated heterocycles. The predicted molar refractivity (Wildman–Crippen MR) is 56.2 cm³/mol. The van der Waals surface area contributed by atoms with Crippen LogP contribution in [0, 0.1) is 0 Å². The number of methoxy groups -OCH3 is 1. The summed E-state index contributed by atoms with van der Waals surface area (Å²) in [6, 6.07) is -0.391. The highest BCUT2D eigenvalue weighted by atomic mass is 16.5. The van der Waals surface area contributed by atoms with E-state index in [4.69, 9.17) is 0 Å². The normalized spacial score (nSPS) is 19.9. The molecule has 4 heteroatoms. The van der Waals surface area contributed by atoms with Crippen LogP contribution in [-0.4, -0.2) is 36.5 Å². The SMILES string of the molecule is COC(=O)C1CCCN1C(=O)C=C(C)C. The lowest BCUT2D eigenvalue weighted by Crippen LogP contribution is -2.40. The molecule has 0 spiro atoms. The molecule has 1 unspecified atom stereocenters. The van der Waals surface area contributed by atoms with Crippen molar-refractivity contribution in [3.05, 3.63) is 11.6 Å². The maximum Gasteiger partial charge on any atom is 0.328 e. The molecule has 1 atom stereocenters.